The number of aromatic nitrogens is 2. The van der Waals surface area contributed by atoms with E-state index < -0.39 is 11.7 Å². The van der Waals surface area contributed by atoms with E-state index in [9.17, 15) is 18.0 Å². The molecule has 0 aliphatic carbocycles. The minimum atomic E-state index is -4.41. The van der Waals surface area contributed by atoms with Crippen molar-refractivity contribution in [2.24, 2.45) is 0 Å². The Hall–Kier alpha value is -2.80. The lowest BCUT2D eigenvalue weighted by atomic mass is 10.1. The van der Waals surface area contributed by atoms with Gasteiger partial charge in [0.1, 0.15) is 5.69 Å². The molecule has 0 unspecified atom stereocenters. The smallest absolute Gasteiger partial charge is 0.319 e. The number of benzene rings is 2. The fourth-order valence-corrected chi connectivity index (χ4v) is 2.71. The van der Waals surface area contributed by atoms with Crippen molar-refractivity contribution in [3.63, 3.8) is 0 Å². The number of carbonyl (C=O) groups is 1. The Morgan fingerprint density at radius 3 is 2.30 bits per heavy atom. The number of rotatable bonds is 4. The molecule has 0 bridgehead atoms. The van der Waals surface area contributed by atoms with Crippen molar-refractivity contribution < 1.29 is 18.0 Å². The summed E-state index contributed by atoms with van der Waals surface area (Å²) in [6, 6.07) is 11.0. The molecule has 0 aliphatic rings. The van der Waals surface area contributed by atoms with Crippen LogP contribution in [-0.4, -0.2) is 16.1 Å². The summed E-state index contributed by atoms with van der Waals surface area (Å²) in [4.78, 5) is 12.5. The van der Waals surface area contributed by atoms with E-state index in [4.69, 9.17) is 11.6 Å². The average molecular weight is 394 g/mol. The second-order valence-corrected chi connectivity index (χ2v) is 6.25. The summed E-state index contributed by atoms with van der Waals surface area (Å²) in [5.74, 6) is -0.365. The maximum Gasteiger partial charge on any atom is 0.416 e. The van der Waals surface area contributed by atoms with Gasteiger partial charge in [-0.1, -0.05) is 30.7 Å². The molecule has 0 fully saturated rings. The highest BCUT2D eigenvalue weighted by molar-refractivity contribution is 6.30. The number of aryl methyl sites for hydroxylation is 1. The van der Waals surface area contributed by atoms with Gasteiger partial charge < -0.3 is 5.32 Å². The normalized spacial score (nSPS) is 11.4. The summed E-state index contributed by atoms with van der Waals surface area (Å²) in [5.41, 5.74) is 1.61. The standard InChI is InChI=1S/C19H15ClF3N3O/c1-2-15-17(24-18(27)12-5-9-14(20)10-6-12)16(26-25-15)11-3-7-13(8-4-11)19(21,22)23/h3-10H,2H2,1H3,(H,24,27)(H,25,26). The second-order valence-electron chi connectivity index (χ2n) is 5.82. The molecule has 8 heteroatoms. The quantitative estimate of drug-likeness (QED) is 0.609. The Morgan fingerprint density at radius 2 is 1.74 bits per heavy atom. The van der Waals surface area contributed by atoms with Crippen molar-refractivity contribution in [1.29, 1.82) is 0 Å². The van der Waals surface area contributed by atoms with E-state index in [1.807, 2.05) is 6.92 Å². The van der Waals surface area contributed by atoms with Crippen LogP contribution in [-0.2, 0) is 12.6 Å². The number of carbonyl (C=O) groups excluding carboxylic acids is 1. The summed E-state index contributed by atoms with van der Waals surface area (Å²) >= 11 is 5.83. The highest BCUT2D eigenvalue weighted by Crippen LogP contribution is 2.33. The maximum atomic E-state index is 12.8. The number of halogens is 4. The number of H-pyrrole nitrogens is 1. The monoisotopic (exact) mass is 393 g/mol. The predicted octanol–water partition coefficient (Wildman–Crippen LogP) is 5.56. The summed E-state index contributed by atoms with van der Waals surface area (Å²) < 4.78 is 38.3. The van der Waals surface area contributed by atoms with Crippen LogP contribution in [0.4, 0.5) is 18.9 Å². The van der Waals surface area contributed by atoms with Gasteiger partial charge in [0, 0.05) is 16.1 Å². The summed E-state index contributed by atoms with van der Waals surface area (Å²) in [5, 5.41) is 10.3. The number of hydrogen-bond donors (Lipinski definition) is 2. The molecule has 27 heavy (non-hydrogen) atoms. The molecule has 4 nitrogen and oxygen atoms in total. The third-order valence-corrected chi connectivity index (χ3v) is 4.28. The van der Waals surface area contributed by atoms with E-state index in [2.05, 4.69) is 15.5 Å². The zero-order valence-electron chi connectivity index (χ0n) is 14.2. The van der Waals surface area contributed by atoms with Crippen molar-refractivity contribution in [2.75, 3.05) is 5.32 Å². The van der Waals surface area contributed by atoms with Gasteiger partial charge in [0.05, 0.1) is 16.9 Å². The lowest BCUT2D eigenvalue weighted by Crippen LogP contribution is -2.13. The van der Waals surface area contributed by atoms with E-state index in [-0.39, 0.29) is 5.91 Å². The van der Waals surface area contributed by atoms with E-state index >= 15 is 0 Å². The molecule has 3 aromatic rings. The van der Waals surface area contributed by atoms with Crippen LogP contribution in [0.1, 0.15) is 28.5 Å². The number of aromatic amines is 1. The maximum absolute atomic E-state index is 12.8. The molecule has 2 aromatic carbocycles. The SMILES string of the molecule is CCc1[nH]nc(-c2ccc(C(F)(F)F)cc2)c1NC(=O)c1ccc(Cl)cc1. The number of anilines is 1. The van der Waals surface area contributed by atoms with Gasteiger partial charge in [0.2, 0.25) is 0 Å². The van der Waals surface area contributed by atoms with Gasteiger partial charge in [-0.2, -0.15) is 18.3 Å². The van der Waals surface area contributed by atoms with Gasteiger partial charge >= 0.3 is 6.18 Å². The molecule has 140 valence electrons. The summed E-state index contributed by atoms with van der Waals surface area (Å²) in [7, 11) is 0. The third kappa shape index (κ3) is 4.14. The van der Waals surface area contributed by atoms with Gasteiger partial charge in [-0.05, 0) is 42.8 Å². The van der Waals surface area contributed by atoms with Crippen molar-refractivity contribution in [2.45, 2.75) is 19.5 Å². The largest absolute Gasteiger partial charge is 0.416 e. The lowest BCUT2D eigenvalue weighted by molar-refractivity contribution is -0.137. The summed E-state index contributed by atoms with van der Waals surface area (Å²) in [6.07, 6.45) is -3.85. The van der Waals surface area contributed by atoms with E-state index in [1.165, 1.54) is 12.1 Å². The Balaban J connectivity index is 1.93. The van der Waals surface area contributed by atoms with Crippen LogP contribution in [0.25, 0.3) is 11.3 Å². The first-order valence-corrected chi connectivity index (χ1v) is 8.49. The van der Waals surface area contributed by atoms with Crippen molar-refractivity contribution >= 4 is 23.2 Å². The number of hydrogen-bond acceptors (Lipinski definition) is 2. The third-order valence-electron chi connectivity index (χ3n) is 4.03. The molecular formula is C19H15ClF3N3O. The Kier molecular flexibility index (Phi) is 5.23. The van der Waals surface area contributed by atoms with Gasteiger partial charge in [0.15, 0.2) is 0 Å². The number of nitrogens with one attached hydrogen (secondary N) is 2. The summed E-state index contributed by atoms with van der Waals surface area (Å²) in [6.45, 7) is 1.88. The topological polar surface area (TPSA) is 57.8 Å². The van der Waals surface area contributed by atoms with Crippen LogP contribution in [0, 0.1) is 0 Å². The zero-order valence-corrected chi connectivity index (χ0v) is 14.9. The van der Waals surface area contributed by atoms with Gasteiger partial charge in [0.25, 0.3) is 5.91 Å². The minimum absolute atomic E-state index is 0.365. The van der Waals surface area contributed by atoms with Crippen LogP contribution in [0.15, 0.2) is 48.5 Å². The molecule has 0 radical (unpaired) electrons. The first kappa shape index (κ1) is 19.0. The fraction of sp³-hybridized carbons (Fsp3) is 0.158. The highest BCUT2D eigenvalue weighted by Gasteiger charge is 2.30. The van der Waals surface area contributed by atoms with Crippen LogP contribution in [0.5, 0.6) is 0 Å². The van der Waals surface area contributed by atoms with E-state index in [1.54, 1.807) is 24.3 Å². The first-order chi connectivity index (χ1) is 12.8. The molecular weight excluding hydrogens is 379 g/mol. The number of nitrogens with zero attached hydrogens (tertiary/aromatic N) is 1. The molecule has 1 heterocycles. The fourth-order valence-electron chi connectivity index (χ4n) is 2.58. The van der Waals surface area contributed by atoms with Crippen molar-refractivity contribution in [1.82, 2.24) is 10.2 Å². The van der Waals surface area contributed by atoms with E-state index in [0.29, 0.717) is 39.6 Å². The molecule has 3 rings (SSSR count). The first-order valence-electron chi connectivity index (χ1n) is 8.11. The molecule has 0 aliphatic heterocycles. The molecule has 0 atom stereocenters. The molecule has 1 aromatic heterocycles. The molecule has 1 amide bonds. The van der Waals surface area contributed by atoms with Crippen LogP contribution in [0.2, 0.25) is 5.02 Å². The van der Waals surface area contributed by atoms with Gasteiger partial charge in [-0.25, -0.2) is 0 Å². The zero-order chi connectivity index (χ0) is 19.6. The predicted molar refractivity (Wildman–Crippen MR) is 97.8 cm³/mol. The molecule has 0 saturated carbocycles. The second kappa shape index (κ2) is 7.44. The molecule has 0 saturated heterocycles. The van der Waals surface area contributed by atoms with Crippen LogP contribution >= 0.6 is 11.6 Å². The Labute approximate surface area is 158 Å². The Morgan fingerprint density at radius 1 is 1.11 bits per heavy atom. The molecule has 0 spiro atoms. The number of alkyl halides is 3. The van der Waals surface area contributed by atoms with Crippen LogP contribution < -0.4 is 5.32 Å². The average Bonchev–Trinajstić information content (AvgIpc) is 3.04. The van der Waals surface area contributed by atoms with Crippen LogP contribution in [0.3, 0.4) is 0 Å². The highest BCUT2D eigenvalue weighted by atomic mass is 35.5. The minimum Gasteiger partial charge on any atom is -0.319 e. The molecule has 2 N–H and O–H groups in total. The van der Waals surface area contributed by atoms with Crippen molar-refractivity contribution in [3.05, 3.63) is 70.4 Å². The van der Waals surface area contributed by atoms with Gasteiger partial charge in [-0.3, -0.25) is 9.89 Å². The Bertz CT molecular complexity index is 948. The lowest BCUT2D eigenvalue weighted by Gasteiger charge is -2.10. The van der Waals surface area contributed by atoms with Gasteiger partial charge in [-0.15, -0.1) is 0 Å². The van der Waals surface area contributed by atoms with Crippen molar-refractivity contribution in [3.8, 4) is 11.3 Å². The van der Waals surface area contributed by atoms with E-state index in [0.717, 1.165) is 12.1 Å². The number of amides is 1.